The Balaban J connectivity index is 1.86. The molecule has 0 saturated carbocycles. The van der Waals surface area contributed by atoms with Crippen molar-refractivity contribution in [1.29, 1.82) is 0 Å². The van der Waals surface area contributed by atoms with Gasteiger partial charge in [0.1, 0.15) is 5.01 Å². The lowest BCUT2D eigenvalue weighted by Crippen LogP contribution is -2.22. The molecule has 0 spiro atoms. The molecular weight excluding hydrogens is 358 g/mol. The Kier molecular flexibility index (Phi) is 7.06. The molecule has 0 fully saturated rings. The molecule has 22 heavy (non-hydrogen) atoms. The van der Waals surface area contributed by atoms with E-state index < -0.39 is 0 Å². The van der Waals surface area contributed by atoms with Gasteiger partial charge in [-0.3, -0.25) is 10.1 Å². The summed E-state index contributed by atoms with van der Waals surface area (Å²) >= 11 is 5.65. The fourth-order valence-electron chi connectivity index (χ4n) is 1.47. The largest absolute Gasteiger partial charge is 0.300 e. The van der Waals surface area contributed by atoms with Crippen LogP contribution in [0.4, 0.5) is 5.13 Å². The quantitative estimate of drug-likeness (QED) is 0.706. The third-order valence-electron chi connectivity index (χ3n) is 2.66. The number of aromatic nitrogens is 4. The second-order valence-corrected chi connectivity index (χ2v) is 8.58. The number of nitrogens with one attached hydrogen (secondary N) is 1. The summed E-state index contributed by atoms with van der Waals surface area (Å²) in [5.74, 6) is -0.0934. The fraction of sp³-hybridized carbons (Fsp3) is 0.583. The van der Waals surface area contributed by atoms with E-state index in [1.807, 2.05) is 13.2 Å². The highest BCUT2D eigenvalue weighted by atomic mass is 32.2. The Morgan fingerprint density at radius 1 is 1.41 bits per heavy atom. The molecule has 2 heterocycles. The summed E-state index contributed by atoms with van der Waals surface area (Å²) in [5, 5.41) is 12.9. The number of thioether (sulfide) groups is 2. The SMILES string of the molecule is CCCCc1nnc(NC(=O)[C@@H](C)Sc2nc(SC)ns2)s1. The van der Waals surface area contributed by atoms with Crippen LogP contribution in [0, 0.1) is 0 Å². The van der Waals surface area contributed by atoms with Crippen LogP contribution >= 0.6 is 46.4 Å². The first-order valence-electron chi connectivity index (χ1n) is 6.80. The molecule has 0 saturated heterocycles. The van der Waals surface area contributed by atoms with Crippen molar-refractivity contribution in [2.45, 2.75) is 47.9 Å². The third kappa shape index (κ3) is 5.18. The zero-order valence-electron chi connectivity index (χ0n) is 12.5. The first kappa shape index (κ1) is 17.6. The van der Waals surface area contributed by atoms with Gasteiger partial charge in [-0.15, -0.1) is 10.2 Å². The van der Waals surface area contributed by atoms with E-state index in [-0.39, 0.29) is 11.2 Å². The van der Waals surface area contributed by atoms with E-state index in [1.165, 1.54) is 46.4 Å². The normalized spacial score (nSPS) is 12.3. The van der Waals surface area contributed by atoms with Gasteiger partial charge in [-0.2, -0.15) is 4.37 Å². The van der Waals surface area contributed by atoms with Crippen LogP contribution in [0.1, 0.15) is 31.7 Å². The van der Waals surface area contributed by atoms with Crippen molar-refractivity contribution in [3.8, 4) is 0 Å². The van der Waals surface area contributed by atoms with E-state index >= 15 is 0 Å². The van der Waals surface area contributed by atoms with Crippen molar-refractivity contribution in [1.82, 2.24) is 19.6 Å². The Hall–Kier alpha value is -0.710. The van der Waals surface area contributed by atoms with Crippen molar-refractivity contribution in [3.05, 3.63) is 5.01 Å². The minimum Gasteiger partial charge on any atom is -0.300 e. The van der Waals surface area contributed by atoms with Gasteiger partial charge in [0, 0.05) is 6.42 Å². The summed E-state index contributed by atoms with van der Waals surface area (Å²) in [6, 6.07) is 0. The topological polar surface area (TPSA) is 80.7 Å². The summed E-state index contributed by atoms with van der Waals surface area (Å²) < 4.78 is 4.98. The number of carbonyl (C=O) groups is 1. The maximum Gasteiger partial charge on any atom is 0.239 e. The monoisotopic (exact) mass is 375 g/mol. The number of nitrogens with zero attached hydrogens (tertiary/aromatic N) is 4. The van der Waals surface area contributed by atoms with Gasteiger partial charge < -0.3 is 0 Å². The smallest absolute Gasteiger partial charge is 0.239 e. The molecule has 120 valence electrons. The van der Waals surface area contributed by atoms with Crippen molar-refractivity contribution in [2.24, 2.45) is 0 Å². The number of aryl methyl sites for hydroxylation is 1. The number of amides is 1. The van der Waals surface area contributed by atoms with Crippen LogP contribution in [0.2, 0.25) is 0 Å². The van der Waals surface area contributed by atoms with Crippen LogP contribution in [-0.2, 0) is 11.2 Å². The molecule has 0 radical (unpaired) electrons. The lowest BCUT2D eigenvalue weighted by Gasteiger charge is -2.07. The molecule has 0 aromatic carbocycles. The van der Waals surface area contributed by atoms with E-state index in [0.717, 1.165) is 33.8 Å². The van der Waals surface area contributed by atoms with E-state index in [0.29, 0.717) is 5.13 Å². The maximum atomic E-state index is 12.2. The summed E-state index contributed by atoms with van der Waals surface area (Å²) in [5.41, 5.74) is 0. The van der Waals surface area contributed by atoms with Crippen molar-refractivity contribution < 1.29 is 4.79 Å². The Bertz CT molecular complexity index is 614. The van der Waals surface area contributed by atoms with Gasteiger partial charge in [-0.05, 0) is 31.1 Å². The standard InChI is InChI=1S/C12H17N5OS4/c1-4-5-6-8-15-16-10(21-8)13-9(18)7(2)20-12-14-11(19-3)17-22-12/h7H,4-6H2,1-3H3,(H,13,16,18)/t7-/m1/s1. The Morgan fingerprint density at radius 2 is 2.23 bits per heavy atom. The third-order valence-corrected chi connectivity index (χ3v) is 6.11. The average molecular weight is 376 g/mol. The molecular formula is C12H17N5OS4. The summed E-state index contributed by atoms with van der Waals surface area (Å²) in [6.45, 7) is 3.98. The van der Waals surface area contributed by atoms with Gasteiger partial charge in [0.2, 0.25) is 16.2 Å². The molecule has 2 rings (SSSR count). The predicted octanol–water partition coefficient (Wildman–Crippen LogP) is 3.57. The van der Waals surface area contributed by atoms with Crippen LogP contribution in [-0.4, -0.2) is 37.0 Å². The molecule has 0 aliphatic heterocycles. The zero-order valence-corrected chi connectivity index (χ0v) is 15.8. The van der Waals surface area contributed by atoms with E-state index in [1.54, 1.807) is 0 Å². The summed E-state index contributed by atoms with van der Waals surface area (Å²) in [7, 11) is 0. The molecule has 1 N–H and O–H groups in total. The van der Waals surface area contributed by atoms with Crippen LogP contribution < -0.4 is 5.32 Å². The van der Waals surface area contributed by atoms with Crippen LogP contribution in [0.5, 0.6) is 0 Å². The molecule has 2 aromatic rings. The minimum atomic E-state index is -0.259. The van der Waals surface area contributed by atoms with E-state index in [9.17, 15) is 4.79 Å². The second-order valence-electron chi connectivity index (χ2n) is 4.40. The number of unbranched alkanes of at least 4 members (excludes halogenated alkanes) is 1. The predicted molar refractivity (Wildman–Crippen MR) is 94.2 cm³/mol. The van der Waals surface area contributed by atoms with Crippen LogP contribution in [0.25, 0.3) is 0 Å². The Labute approximate surface area is 146 Å². The van der Waals surface area contributed by atoms with Gasteiger partial charge >= 0.3 is 0 Å². The average Bonchev–Trinajstić information content (AvgIpc) is 3.14. The number of carbonyl (C=O) groups excluding carboxylic acids is 1. The highest BCUT2D eigenvalue weighted by molar-refractivity contribution is 8.02. The Morgan fingerprint density at radius 3 is 2.91 bits per heavy atom. The molecule has 1 atom stereocenters. The van der Waals surface area contributed by atoms with Crippen molar-refractivity contribution >= 4 is 57.4 Å². The highest BCUT2D eigenvalue weighted by Crippen LogP contribution is 2.28. The van der Waals surface area contributed by atoms with Crippen LogP contribution in [0.15, 0.2) is 9.50 Å². The molecule has 6 nitrogen and oxygen atoms in total. The van der Waals surface area contributed by atoms with Gasteiger partial charge in [-0.1, -0.05) is 48.2 Å². The van der Waals surface area contributed by atoms with Gasteiger partial charge in [0.25, 0.3) is 0 Å². The van der Waals surface area contributed by atoms with Gasteiger partial charge in [0.15, 0.2) is 4.34 Å². The summed E-state index contributed by atoms with van der Waals surface area (Å²) in [6.07, 6.45) is 5.05. The number of rotatable bonds is 8. The minimum absolute atomic E-state index is 0.0934. The summed E-state index contributed by atoms with van der Waals surface area (Å²) in [4.78, 5) is 16.5. The number of hydrogen-bond donors (Lipinski definition) is 1. The molecule has 0 unspecified atom stereocenters. The van der Waals surface area contributed by atoms with E-state index in [4.69, 9.17) is 0 Å². The second kappa shape index (κ2) is 8.80. The lowest BCUT2D eigenvalue weighted by molar-refractivity contribution is -0.115. The number of hydrogen-bond acceptors (Lipinski definition) is 9. The molecule has 10 heteroatoms. The lowest BCUT2D eigenvalue weighted by atomic mass is 10.3. The number of anilines is 1. The molecule has 1 amide bonds. The molecule has 0 aliphatic rings. The van der Waals surface area contributed by atoms with Crippen LogP contribution in [0.3, 0.4) is 0 Å². The molecule has 0 aliphatic carbocycles. The van der Waals surface area contributed by atoms with Crippen molar-refractivity contribution in [3.63, 3.8) is 0 Å². The first-order chi connectivity index (χ1) is 10.6. The molecule has 2 aromatic heterocycles. The molecule has 0 bridgehead atoms. The van der Waals surface area contributed by atoms with Gasteiger partial charge in [-0.25, -0.2) is 4.98 Å². The van der Waals surface area contributed by atoms with E-state index in [2.05, 4.69) is 31.8 Å². The fourth-order valence-corrected chi connectivity index (χ4v) is 4.61. The highest BCUT2D eigenvalue weighted by Gasteiger charge is 2.18. The van der Waals surface area contributed by atoms with Crippen molar-refractivity contribution in [2.75, 3.05) is 11.6 Å². The first-order valence-corrected chi connectivity index (χ1v) is 10.5. The van der Waals surface area contributed by atoms with Gasteiger partial charge in [0.05, 0.1) is 5.25 Å². The maximum absolute atomic E-state index is 12.2. The zero-order chi connectivity index (χ0) is 15.9.